The van der Waals surface area contributed by atoms with Gasteiger partial charge in [0.05, 0.1) is 24.9 Å². The predicted molar refractivity (Wildman–Crippen MR) is 67.1 cm³/mol. The van der Waals surface area contributed by atoms with Gasteiger partial charge in [-0.3, -0.25) is 9.69 Å². The molecular weight excluding hydrogens is 218 g/mol. The van der Waals surface area contributed by atoms with Crippen LogP contribution in [0.25, 0.3) is 0 Å². The molecule has 0 aromatic carbocycles. The zero-order chi connectivity index (χ0) is 12.4. The highest BCUT2D eigenvalue weighted by Gasteiger charge is 2.20. The lowest BCUT2D eigenvalue weighted by molar-refractivity contribution is -0.000525. The summed E-state index contributed by atoms with van der Waals surface area (Å²) in [6, 6.07) is 1.95. The second-order valence-corrected chi connectivity index (χ2v) is 4.64. The van der Waals surface area contributed by atoms with Gasteiger partial charge in [-0.15, -0.1) is 0 Å². The summed E-state index contributed by atoms with van der Waals surface area (Å²) in [7, 11) is 2.05. The molecule has 5 nitrogen and oxygen atoms in total. The highest BCUT2D eigenvalue weighted by atomic mass is 16.5. The van der Waals surface area contributed by atoms with Crippen LogP contribution in [0, 0.1) is 6.92 Å². The molecule has 0 spiro atoms. The van der Waals surface area contributed by atoms with Crippen molar-refractivity contribution in [1.82, 2.24) is 9.47 Å². The first-order chi connectivity index (χ1) is 8.08. The molecule has 1 fully saturated rings. The maximum Gasteiger partial charge on any atom is 0.273 e. The molecule has 2 rings (SSSR count). The molecule has 0 bridgehead atoms. The smallest absolute Gasteiger partial charge is 0.273 e. The number of hydrogen-bond donors (Lipinski definition) is 1. The van der Waals surface area contributed by atoms with Gasteiger partial charge in [0.1, 0.15) is 0 Å². The van der Waals surface area contributed by atoms with E-state index in [0.717, 1.165) is 18.7 Å². The molecule has 1 unspecified atom stereocenters. The Labute approximate surface area is 101 Å². The third-order valence-corrected chi connectivity index (χ3v) is 3.18. The van der Waals surface area contributed by atoms with Crippen LogP contribution in [0.15, 0.2) is 17.1 Å². The number of ether oxygens (including phenoxy) is 1. The number of aryl methyl sites for hydroxylation is 1. The molecule has 17 heavy (non-hydrogen) atoms. The summed E-state index contributed by atoms with van der Waals surface area (Å²) < 4.78 is 7.12. The van der Waals surface area contributed by atoms with E-state index in [-0.39, 0.29) is 11.6 Å². The van der Waals surface area contributed by atoms with Crippen LogP contribution in [-0.4, -0.2) is 42.3 Å². The summed E-state index contributed by atoms with van der Waals surface area (Å²) in [6.07, 6.45) is 1.85. The quantitative estimate of drug-likeness (QED) is 0.790. The van der Waals surface area contributed by atoms with Crippen molar-refractivity contribution in [2.24, 2.45) is 0 Å². The number of hydrogen-bond acceptors (Lipinski definition) is 4. The summed E-state index contributed by atoms with van der Waals surface area (Å²) in [5, 5.41) is 0. The Morgan fingerprint density at radius 1 is 1.59 bits per heavy atom. The summed E-state index contributed by atoms with van der Waals surface area (Å²) in [5.74, 6) is 0. The fraction of sp³-hybridized carbons (Fsp3) is 0.583. The van der Waals surface area contributed by atoms with E-state index in [0.29, 0.717) is 18.8 Å². The molecule has 1 aliphatic heterocycles. The Bertz CT molecular complexity index is 456. The summed E-state index contributed by atoms with van der Waals surface area (Å²) in [5.41, 5.74) is 6.88. The zero-order valence-electron chi connectivity index (χ0n) is 10.3. The second-order valence-electron chi connectivity index (χ2n) is 4.64. The van der Waals surface area contributed by atoms with Crippen molar-refractivity contribution in [1.29, 1.82) is 0 Å². The molecule has 1 aromatic heterocycles. The molecule has 0 aliphatic carbocycles. The first-order valence-electron chi connectivity index (χ1n) is 5.82. The van der Waals surface area contributed by atoms with Crippen molar-refractivity contribution >= 4 is 5.69 Å². The third-order valence-electron chi connectivity index (χ3n) is 3.18. The Morgan fingerprint density at radius 2 is 2.35 bits per heavy atom. The third kappa shape index (κ3) is 2.68. The number of nitrogens with two attached hydrogens (primary N) is 1. The number of nitrogen functional groups attached to an aromatic ring is 1. The molecular formula is C12H19N3O2. The average molecular weight is 237 g/mol. The first kappa shape index (κ1) is 12.1. The SMILES string of the molecule is Cc1cc(N)c(=O)n(CC2COCCN2C)c1. The van der Waals surface area contributed by atoms with Crippen LogP contribution >= 0.6 is 0 Å². The van der Waals surface area contributed by atoms with E-state index in [1.807, 2.05) is 13.1 Å². The lowest BCUT2D eigenvalue weighted by Gasteiger charge is -2.32. The largest absolute Gasteiger partial charge is 0.394 e. The molecule has 1 aromatic rings. The topological polar surface area (TPSA) is 60.5 Å². The lowest BCUT2D eigenvalue weighted by Crippen LogP contribution is -2.46. The minimum Gasteiger partial charge on any atom is -0.394 e. The van der Waals surface area contributed by atoms with Crippen LogP contribution < -0.4 is 11.3 Å². The van der Waals surface area contributed by atoms with E-state index in [1.54, 1.807) is 10.6 Å². The van der Waals surface area contributed by atoms with Gasteiger partial charge in [0, 0.05) is 19.3 Å². The number of pyridine rings is 1. The molecule has 1 aliphatic rings. The van der Waals surface area contributed by atoms with Gasteiger partial charge < -0.3 is 15.0 Å². The predicted octanol–water partition coefficient (Wildman–Crippen LogP) is 0.0695. The van der Waals surface area contributed by atoms with Crippen LogP contribution in [0.2, 0.25) is 0 Å². The number of aromatic nitrogens is 1. The number of anilines is 1. The van der Waals surface area contributed by atoms with E-state index in [4.69, 9.17) is 10.5 Å². The molecule has 0 saturated carbocycles. The van der Waals surface area contributed by atoms with Gasteiger partial charge in [0.15, 0.2) is 0 Å². The van der Waals surface area contributed by atoms with Crippen molar-refractivity contribution in [2.75, 3.05) is 32.5 Å². The van der Waals surface area contributed by atoms with E-state index >= 15 is 0 Å². The van der Waals surface area contributed by atoms with E-state index in [9.17, 15) is 4.79 Å². The van der Waals surface area contributed by atoms with Crippen molar-refractivity contribution in [3.8, 4) is 0 Å². The van der Waals surface area contributed by atoms with Gasteiger partial charge in [-0.25, -0.2) is 0 Å². The molecule has 1 atom stereocenters. The molecule has 0 amide bonds. The van der Waals surface area contributed by atoms with Crippen molar-refractivity contribution in [3.63, 3.8) is 0 Å². The fourth-order valence-electron chi connectivity index (χ4n) is 2.11. The van der Waals surface area contributed by atoms with Gasteiger partial charge in [-0.2, -0.15) is 0 Å². The second kappa shape index (κ2) is 4.89. The minimum absolute atomic E-state index is 0.116. The number of likely N-dealkylation sites (N-methyl/N-ethyl adjacent to an activating group) is 1. The van der Waals surface area contributed by atoms with E-state index < -0.39 is 0 Å². The van der Waals surface area contributed by atoms with Crippen molar-refractivity contribution in [3.05, 3.63) is 28.2 Å². The van der Waals surface area contributed by atoms with Gasteiger partial charge >= 0.3 is 0 Å². The average Bonchev–Trinajstić information content (AvgIpc) is 2.28. The Balaban J connectivity index is 2.20. The zero-order valence-corrected chi connectivity index (χ0v) is 10.3. The molecule has 0 radical (unpaired) electrons. The highest BCUT2D eigenvalue weighted by molar-refractivity contribution is 5.37. The Morgan fingerprint density at radius 3 is 3.06 bits per heavy atom. The Kier molecular flexibility index (Phi) is 3.49. The van der Waals surface area contributed by atoms with Crippen LogP contribution in [-0.2, 0) is 11.3 Å². The van der Waals surface area contributed by atoms with E-state index in [2.05, 4.69) is 11.9 Å². The van der Waals surface area contributed by atoms with Gasteiger partial charge in [-0.05, 0) is 25.6 Å². The number of nitrogens with zero attached hydrogens (tertiary/aromatic N) is 2. The van der Waals surface area contributed by atoms with Crippen LogP contribution in [0.3, 0.4) is 0 Å². The molecule has 2 N–H and O–H groups in total. The minimum atomic E-state index is -0.116. The summed E-state index contributed by atoms with van der Waals surface area (Å²) >= 11 is 0. The summed E-state index contributed by atoms with van der Waals surface area (Å²) in [6.45, 7) is 4.89. The van der Waals surface area contributed by atoms with E-state index in [1.165, 1.54) is 0 Å². The van der Waals surface area contributed by atoms with Gasteiger partial charge in [0.2, 0.25) is 0 Å². The Hall–Kier alpha value is -1.33. The number of morpholine rings is 1. The lowest BCUT2D eigenvalue weighted by atomic mass is 10.2. The molecule has 5 heteroatoms. The van der Waals surface area contributed by atoms with Crippen LogP contribution in [0.1, 0.15) is 5.56 Å². The fourth-order valence-corrected chi connectivity index (χ4v) is 2.11. The maximum atomic E-state index is 11.9. The van der Waals surface area contributed by atoms with Crippen LogP contribution in [0.4, 0.5) is 5.69 Å². The van der Waals surface area contributed by atoms with Crippen molar-refractivity contribution < 1.29 is 4.74 Å². The van der Waals surface area contributed by atoms with Crippen LogP contribution in [0.5, 0.6) is 0 Å². The standard InChI is InChI=1S/C12H19N3O2/c1-9-5-11(13)12(16)15(6-9)7-10-8-17-4-3-14(10)2/h5-6,10H,3-4,7-8,13H2,1-2H3. The number of rotatable bonds is 2. The van der Waals surface area contributed by atoms with Gasteiger partial charge in [0.25, 0.3) is 5.56 Å². The molecule has 1 saturated heterocycles. The monoisotopic (exact) mass is 237 g/mol. The normalized spacial score (nSPS) is 21.6. The molecule has 94 valence electrons. The summed E-state index contributed by atoms with van der Waals surface area (Å²) in [4.78, 5) is 14.1. The molecule has 2 heterocycles. The van der Waals surface area contributed by atoms with Crippen molar-refractivity contribution in [2.45, 2.75) is 19.5 Å². The highest BCUT2D eigenvalue weighted by Crippen LogP contribution is 2.07. The maximum absolute atomic E-state index is 11.9. The first-order valence-corrected chi connectivity index (χ1v) is 5.82. The van der Waals surface area contributed by atoms with Gasteiger partial charge in [-0.1, -0.05) is 0 Å².